The van der Waals surface area contributed by atoms with Crippen molar-refractivity contribution in [1.29, 1.82) is 0 Å². The smallest absolute Gasteiger partial charge is 0.0886 e. The van der Waals surface area contributed by atoms with Crippen LogP contribution in [0.1, 0.15) is 52.3 Å². The Morgan fingerprint density at radius 1 is 1.37 bits per heavy atom. The number of ether oxygens (including phenoxy) is 1. The van der Waals surface area contributed by atoms with Crippen LogP contribution in [0.15, 0.2) is 10.7 Å². The molecule has 5 heteroatoms. The van der Waals surface area contributed by atoms with Gasteiger partial charge < -0.3 is 10.1 Å². The van der Waals surface area contributed by atoms with E-state index in [-0.39, 0.29) is 11.6 Å². The van der Waals surface area contributed by atoms with Gasteiger partial charge in [0.25, 0.3) is 0 Å². The highest BCUT2D eigenvalue weighted by Gasteiger charge is 2.39. The minimum Gasteiger partial charge on any atom is -0.373 e. The number of likely N-dealkylation sites (N-methyl/N-ethyl adjacent to an activating group) is 1. The normalized spacial score (nSPS) is 13.8. The average molecular weight is 332 g/mol. The fourth-order valence-electron chi connectivity index (χ4n) is 2.79. The molecule has 0 aromatic carbocycles. The zero-order chi connectivity index (χ0) is 14.5. The minimum absolute atomic E-state index is 0.124. The van der Waals surface area contributed by atoms with E-state index in [2.05, 4.69) is 54.0 Å². The molecule has 0 bridgehead atoms. The Morgan fingerprint density at radius 2 is 2.00 bits per heavy atom. The summed E-state index contributed by atoms with van der Waals surface area (Å²) >= 11 is 3.62. The molecule has 0 aliphatic rings. The number of hydrogen-bond acceptors (Lipinski definition) is 3. The maximum atomic E-state index is 6.13. The molecule has 1 rings (SSSR count). The van der Waals surface area contributed by atoms with Crippen LogP contribution in [-0.4, -0.2) is 29.0 Å². The van der Waals surface area contributed by atoms with E-state index in [0.717, 1.165) is 30.5 Å². The molecular formula is C14H26BrN3O. The largest absolute Gasteiger partial charge is 0.373 e. The van der Waals surface area contributed by atoms with Crippen LogP contribution in [-0.2, 0) is 11.3 Å². The van der Waals surface area contributed by atoms with Gasteiger partial charge in [0.15, 0.2) is 0 Å². The van der Waals surface area contributed by atoms with Crippen LogP contribution in [0.2, 0.25) is 0 Å². The van der Waals surface area contributed by atoms with E-state index in [1.54, 1.807) is 0 Å². The Kier molecular flexibility index (Phi) is 6.50. The Labute approximate surface area is 125 Å². The van der Waals surface area contributed by atoms with Crippen molar-refractivity contribution < 1.29 is 4.74 Å². The van der Waals surface area contributed by atoms with E-state index in [0.29, 0.717) is 0 Å². The standard InChI is InChI=1S/C14H26BrN3O/c1-6-14(7-2,19-9-4)13(16-5)12-11(15)10-17-18(12)8-3/h10,13,16H,6-9H2,1-5H3. The van der Waals surface area contributed by atoms with Gasteiger partial charge in [-0.3, -0.25) is 4.68 Å². The molecule has 19 heavy (non-hydrogen) atoms. The monoisotopic (exact) mass is 331 g/mol. The first-order chi connectivity index (χ1) is 9.10. The van der Waals surface area contributed by atoms with E-state index >= 15 is 0 Å². The second kappa shape index (κ2) is 7.41. The molecule has 110 valence electrons. The lowest BCUT2D eigenvalue weighted by atomic mass is 9.86. The van der Waals surface area contributed by atoms with Crippen molar-refractivity contribution in [3.8, 4) is 0 Å². The van der Waals surface area contributed by atoms with Crippen molar-refractivity contribution in [1.82, 2.24) is 15.1 Å². The number of hydrogen-bond donors (Lipinski definition) is 1. The molecule has 4 nitrogen and oxygen atoms in total. The summed E-state index contributed by atoms with van der Waals surface area (Å²) in [6.07, 6.45) is 3.79. The van der Waals surface area contributed by atoms with E-state index in [1.165, 1.54) is 5.69 Å². The number of aromatic nitrogens is 2. The van der Waals surface area contributed by atoms with Crippen LogP contribution in [0, 0.1) is 0 Å². The van der Waals surface area contributed by atoms with Gasteiger partial charge in [-0.2, -0.15) is 5.10 Å². The van der Waals surface area contributed by atoms with Crippen molar-refractivity contribution in [2.24, 2.45) is 0 Å². The van der Waals surface area contributed by atoms with Crippen LogP contribution >= 0.6 is 15.9 Å². The zero-order valence-electron chi connectivity index (χ0n) is 12.7. The summed E-state index contributed by atoms with van der Waals surface area (Å²) in [5.41, 5.74) is 0.973. The molecule has 0 saturated carbocycles. The molecule has 1 heterocycles. The van der Waals surface area contributed by atoms with Crippen LogP contribution in [0.5, 0.6) is 0 Å². The highest BCUT2D eigenvalue weighted by Crippen LogP contribution is 2.38. The fourth-order valence-corrected chi connectivity index (χ4v) is 3.32. The molecule has 0 fully saturated rings. The van der Waals surface area contributed by atoms with Gasteiger partial charge in [-0.1, -0.05) is 13.8 Å². The zero-order valence-corrected chi connectivity index (χ0v) is 14.2. The van der Waals surface area contributed by atoms with Gasteiger partial charge in [0, 0.05) is 13.2 Å². The van der Waals surface area contributed by atoms with E-state index in [4.69, 9.17) is 4.74 Å². The van der Waals surface area contributed by atoms with Crippen molar-refractivity contribution in [2.45, 2.75) is 58.7 Å². The molecule has 0 aliphatic heterocycles. The molecule has 1 N–H and O–H groups in total. The first-order valence-corrected chi connectivity index (χ1v) is 7.91. The average Bonchev–Trinajstić information content (AvgIpc) is 2.80. The first-order valence-electron chi connectivity index (χ1n) is 7.12. The highest BCUT2D eigenvalue weighted by atomic mass is 79.9. The van der Waals surface area contributed by atoms with E-state index in [9.17, 15) is 0 Å². The maximum Gasteiger partial charge on any atom is 0.0886 e. The number of nitrogens with one attached hydrogen (secondary N) is 1. The van der Waals surface area contributed by atoms with Crippen LogP contribution in [0.3, 0.4) is 0 Å². The van der Waals surface area contributed by atoms with Crippen molar-refractivity contribution in [2.75, 3.05) is 13.7 Å². The fraction of sp³-hybridized carbons (Fsp3) is 0.786. The quantitative estimate of drug-likeness (QED) is 0.792. The van der Waals surface area contributed by atoms with Crippen molar-refractivity contribution >= 4 is 15.9 Å². The van der Waals surface area contributed by atoms with Crippen molar-refractivity contribution in [3.63, 3.8) is 0 Å². The number of rotatable bonds is 8. The number of aryl methyl sites for hydroxylation is 1. The van der Waals surface area contributed by atoms with Gasteiger partial charge in [0.05, 0.1) is 28.0 Å². The second-order valence-corrected chi connectivity index (χ2v) is 5.47. The third-order valence-electron chi connectivity index (χ3n) is 3.85. The summed E-state index contributed by atoms with van der Waals surface area (Å²) in [7, 11) is 1.99. The first kappa shape index (κ1) is 16.7. The highest BCUT2D eigenvalue weighted by molar-refractivity contribution is 9.10. The number of halogens is 1. The summed E-state index contributed by atoms with van der Waals surface area (Å²) in [5.74, 6) is 0. The maximum absolute atomic E-state index is 6.13. The molecule has 0 radical (unpaired) electrons. The van der Waals surface area contributed by atoms with E-state index in [1.807, 2.05) is 17.9 Å². The summed E-state index contributed by atoms with van der Waals surface area (Å²) in [6, 6.07) is 0.124. The lowest BCUT2D eigenvalue weighted by Gasteiger charge is -2.39. The molecule has 1 aromatic rings. The molecule has 1 atom stereocenters. The molecule has 1 aromatic heterocycles. The molecule has 0 aliphatic carbocycles. The predicted octanol–water partition coefficient (Wildman–Crippen LogP) is 3.52. The van der Waals surface area contributed by atoms with Gasteiger partial charge in [-0.05, 0) is 49.7 Å². The Morgan fingerprint density at radius 3 is 2.42 bits per heavy atom. The van der Waals surface area contributed by atoms with Gasteiger partial charge in [-0.15, -0.1) is 0 Å². The van der Waals surface area contributed by atoms with E-state index < -0.39 is 0 Å². The molecule has 0 amide bonds. The van der Waals surface area contributed by atoms with Gasteiger partial charge in [0.1, 0.15) is 0 Å². The van der Waals surface area contributed by atoms with Gasteiger partial charge in [0.2, 0.25) is 0 Å². The third-order valence-corrected chi connectivity index (χ3v) is 4.46. The minimum atomic E-state index is -0.195. The second-order valence-electron chi connectivity index (χ2n) is 4.62. The number of nitrogens with zero attached hydrogens (tertiary/aromatic N) is 2. The topological polar surface area (TPSA) is 39.1 Å². The van der Waals surface area contributed by atoms with Crippen LogP contribution in [0.25, 0.3) is 0 Å². The van der Waals surface area contributed by atoms with Crippen LogP contribution in [0.4, 0.5) is 0 Å². The predicted molar refractivity (Wildman–Crippen MR) is 82.3 cm³/mol. The molecular weight excluding hydrogens is 306 g/mol. The van der Waals surface area contributed by atoms with Gasteiger partial charge in [-0.25, -0.2) is 0 Å². The third kappa shape index (κ3) is 3.20. The van der Waals surface area contributed by atoms with Gasteiger partial charge >= 0.3 is 0 Å². The molecule has 0 spiro atoms. The Bertz CT molecular complexity index is 388. The summed E-state index contributed by atoms with van der Waals surface area (Å²) < 4.78 is 9.21. The summed E-state index contributed by atoms with van der Waals surface area (Å²) in [4.78, 5) is 0. The van der Waals surface area contributed by atoms with Crippen LogP contribution < -0.4 is 5.32 Å². The Hall–Kier alpha value is -0.390. The molecule has 0 saturated heterocycles. The summed E-state index contributed by atoms with van der Waals surface area (Å²) in [5, 5.41) is 7.85. The lowest BCUT2D eigenvalue weighted by Crippen LogP contribution is -2.45. The summed E-state index contributed by atoms with van der Waals surface area (Å²) in [6.45, 7) is 10.1. The molecule has 1 unspecified atom stereocenters. The SMILES string of the molecule is CCOC(CC)(CC)C(NC)c1c(Br)cnn1CC. The van der Waals surface area contributed by atoms with Crippen molar-refractivity contribution in [3.05, 3.63) is 16.4 Å². The lowest BCUT2D eigenvalue weighted by molar-refractivity contribution is -0.0737. The Balaban J connectivity index is 3.26.